The third-order valence-electron chi connectivity index (χ3n) is 2.64. The average Bonchev–Trinajstić information content (AvgIpc) is 2.37. The summed E-state index contributed by atoms with van der Waals surface area (Å²) in [7, 11) is 0. The summed E-state index contributed by atoms with van der Waals surface area (Å²) in [6, 6.07) is 7.56. The van der Waals surface area contributed by atoms with Crippen LogP contribution in [0.25, 0.3) is 0 Å². The van der Waals surface area contributed by atoms with Crippen LogP contribution in [0.1, 0.15) is 23.0 Å². The molecule has 1 heterocycles. The van der Waals surface area contributed by atoms with Gasteiger partial charge in [-0.3, -0.25) is 5.84 Å². The van der Waals surface area contributed by atoms with Crippen molar-refractivity contribution in [3.63, 3.8) is 0 Å². The Morgan fingerprint density at radius 2 is 2.06 bits per heavy atom. The number of benzene rings is 1. The average molecular weight is 263 g/mol. The maximum Gasteiger partial charge on any atom is 0.146 e. The molecule has 1 aromatic heterocycles. The molecule has 0 saturated heterocycles. The molecule has 5 heteroatoms. The number of hydrogen-bond acceptors (Lipinski definition) is 4. The van der Waals surface area contributed by atoms with Crippen molar-refractivity contribution in [2.24, 2.45) is 5.84 Å². The van der Waals surface area contributed by atoms with Crippen LogP contribution in [-0.4, -0.2) is 9.97 Å². The molecular formula is C13H15ClN4. The highest BCUT2D eigenvalue weighted by Crippen LogP contribution is 2.17. The molecule has 0 aliphatic carbocycles. The van der Waals surface area contributed by atoms with Crippen LogP contribution in [0.15, 0.2) is 36.7 Å². The quantitative estimate of drug-likeness (QED) is 0.655. The molecule has 2 rings (SSSR count). The van der Waals surface area contributed by atoms with Crippen molar-refractivity contribution >= 4 is 11.6 Å². The lowest BCUT2D eigenvalue weighted by molar-refractivity contribution is 0.522. The zero-order valence-electron chi connectivity index (χ0n) is 10.1. The highest BCUT2D eigenvalue weighted by Gasteiger charge is 2.13. The van der Waals surface area contributed by atoms with Crippen molar-refractivity contribution in [2.45, 2.75) is 19.4 Å². The first kappa shape index (κ1) is 13.0. The number of nitrogens with one attached hydrogen (secondary N) is 1. The number of halogens is 1. The molecule has 18 heavy (non-hydrogen) atoms. The van der Waals surface area contributed by atoms with Gasteiger partial charge in [0.05, 0.1) is 6.04 Å². The van der Waals surface area contributed by atoms with Gasteiger partial charge < -0.3 is 0 Å². The Labute approximate surface area is 111 Å². The van der Waals surface area contributed by atoms with Crippen molar-refractivity contribution in [3.05, 3.63) is 58.6 Å². The number of hydrazine groups is 1. The summed E-state index contributed by atoms with van der Waals surface area (Å²) < 4.78 is 0. The third-order valence-corrected chi connectivity index (χ3v) is 2.88. The zero-order valence-corrected chi connectivity index (χ0v) is 10.9. The maximum absolute atomic E-state index is 5.96. The number of aromatic nitrogens is 2. The first-order valence-corrected chi connectivity index (χ1v) is 6.06. The van der Waals surface area contributed by atoms with E-state index < -0.39 is 0 Å². The second-order valence-electron chi connectivity index (χ2n) is 4.17. The van der Waals surface area contributed by atoms with Gasteiger partial charge in [0.15, 0.2) is 0 Å². The lowest BCUT2D eigenvalue weighted by Gasteiger charge is -2.14. The van der Waals surface area contributed by atoms with Crippen molar-refractivity contribution in [3.8, 4) is 0 Å². The molecule has 0 amide bonds. The standard InChI is InChI=1S/C13H15ClN4/c1-9-7-16-13(17-8-9)12(18-15)6-10-3-2-4-11(14)5-10/h2-5,7-8,12,18H,6,15H2,1H3. The van der Waals surface area contributed by atoms with Gasteiger partial charge in [0.2, 0.25) is 0 Å². The van der Waals surface area contributed by atoms with Gasteiger partial charge in [-0.25, -0.2) is 15.4 Å². The predicted molar refractivity (Wildman–Crippen MR) is 72.0 cm³/mol. The van der Waals surface area contributed by atoms with E-state index >= 15 is 0 Å². The van der Waals surface area contributed by atoms with Gasteiger partial charge in [-0.15, -0.1) is 0 Å². The van der Waals surface area contributed by atoms with Gasteiger partial charge in [-0.1, -0.05) is 23.7 Å². The van der Waals surface area contributed by atoms with Crippen LogP contribution < -0.4 is 11.3 Å². The molecule has 0 saturated carbocycles. The first-order valence-electron chi connectivity index (χ1n) is 5.68. The Morgan fingerprint density at radius 3 is 2.67 bits per heavy atom. The minimum Gasteiger partial charge on any atom is -0.271 e. The number of nitrogens with two attached hydrogens (primary N) is 1. The lowest BCUT2D eigenvalue weighted by Crippen LogP contribution is -2.31. The van der Waals surface area contributed by atoms with E-state index in [-0.39, 0.29) is 6.04 Å². The number of hydrogen-bond donors (Lipinski definition) is 2. The SMILES string of the molecule is Cc1cnc(C(Cc2cccc(Cl)c2)NN)nc1. The monoisotopic (exact) mass is 262 g/mol. The van der Waals surface area contributed by atoms with Gasteiger partial charge in [-0.05, 0) is 36.6 Å². The van der Waals surface area contributed by atoms with E-state index in [0.717, 1.165) is 11.1 Å². The zero-order chi connectivity index (χ0) is 13.0. The van der Waals surface area contributed by atoms with E-state index in [0.29, 0.717) is 17.3 Å². The predicted octanol–water partition coefficient (Wildman–Crippen LogP) is 2.19. The van der Waals surface area contributed by atoms with Crippen molar-refractivity contribution in [2.75, 3.05) is 0 Å². The van der Waals surface area contributed by atoms with Crippen molar-refractivity contribution in [1.82, 2.24) is 15.4 Å². The topological polar surface area (TPSA) is 63.8 Å². The summed E-state index contributed by atoms with van der Waals surface area (Å²) in [5, 5.41) is 0.716. The molecule has 1 atom stereocenters. The largest absolute Gasteiger partial charge is 0.271 e. The Morgan fingerprint density at radius 1 is 1.33 bits per heavy atom. The van der Waals surface area contributed by atoms with Crippen LogP contribution in [-0.2, 0) is 6.42 Å². The fraction of sp³-hybridized carbons (Fsp3) is 0.231. The maximum atomic E-state index is 5.96. The van der Waals surface area contributed by atoms with Crippen LogP contribution in [0.4, 0.5) is 0 Å². The van der Waals surface area contributed by atoms with Crippen molar-refractivity contribution < 1.29 is 0 Å². The van der Waals surface area contributed by atoms with Crippen LogP contribution in [0.5, 0.6) is 0 Å². The van der Waals surface area contributed by atoms with Crippen LogP contribution in [0, 0.1) is 6.92 Å². The smallest absolute Gasteiger partial charge is 0.146 e. The Kier molecular flexibility index (Phi) is 4.25. The Balaban J connectivity index is 2.17. The second kappa shape index (κ2) is 5.91. The third kappa shape index (κ3) is 3.26. The molecule has 4 nitrogen and oxygen atoms in total. The molecule has 0 spiro atoms. The molecule has 1 unspecified atom stereocenters. The fourth-order valence-electron chi connectivity index (χ4n) is 1.71. The molecule has 2 aromatic rings. The number of nitrogens with zero attached hydrogens (tertiary/aromatic N) is 2. The van der Waals surface area contributed by atoms with E-state index in [1.807, 2.05) is 31.2 Å². The summed E-state index contributed by atoms with van der Waals surface area (Å²) in [6.45, 7) is 1.95. The van der Waals surface area contributed by atoms with E-state index in [4.69, 9.17) is 17.4 Å². The summed E-state index contributed by atoms with van der Waals surface area (Å²) in [4.78, 5) is 8.56. The van der Waals surface area contributed by atoms with Gasteiger partial charge in [0.25, 0.3) is 0 Å². The van der Waals surface area contributed by atoms with Crippen LogP contribution in [0.3, 0.4) is 0 Å². The molecule has 0 radical (unpaired) electrons. The second-order valence-corrected chi connectivity index (χ2v) is 4.61. The molecular weight excluding hydrogens is 248 g/mol. The lowest BCUT2D eigenvalue weighted by atomic mass is 10.1. The molecule has 0 aliphatic rings. The van der Waals surface area contributed by atoms with Crippen LogP contribution in [0.2, 0.25) is 5.02 Å². The Bertz CT molecular complexity index is 513. The van der Waals surface area contributed by atoms with Gasteiger partial charge in [0, 0.05) is 17.4 Å². The number of aryl methyl sites for hydroxylation is 1. The molecule has 94 valence electrons. The van der Waals surface area contributed by atoms with E-state index in [1.165, 1.54) is 0 Å². The summed E-state index contributed by atoms with van der Waals surface area (Å²) in [6.07, 6.45) is 4.26. The van der Waals surface area contributed by atoms with Gasteiger partial charge in [-0.2, -0.15) is 0 Å². The minimum atomic E-state index is -0.121. The fourth-order valence-corrected chi connectivity index (χ4v) is 1.92. The Hall–Kier alpha value is -1.49. The van der Waals surface area contributed by atoms with E-state index in [9.17, 15) is 0 Å². The highest BCUT2D eigenvalue weighted by molar-refractivity contribution is 6.30. The summed E-state index contributed by atoms with van der Waals surface area (Å²) in [5.74, 6) is 6.25. The summed E-state index contributed by atoms with van der Waals surface area (Å²) >= 11 is 5.96. The van der Waals surface area contributed by atoms with E-state index in [2.05, 4.69) is 15.4 Å². The normalized spacial score (nSPS) is 12.4. The first-order chi connectivity index (χ1) is 8.69. The van der Waals surface area contributed by atoms with Crippen LogP contribution >= 0.6 is 11.6 Å². The molecule has 0 fully saturated rings. The highest BCUT2D eigenvalue weighted by atomic mass is 35.5. The molecule has 0 bridgehead atoms. The van der Waals surface area contributed by atoms with E-state index in [1.54, 1.807) is 12.4 Å². The van der Waals surface area contributed by atoms with Gasteiger partial charge >= 0.3 is 0 Å². The molecule has 1 aromatic carbocycles. The number of rotatable bonds is 4. The molecule has 0 aliphatic heterocycles. The van der Waals surface area contributed by atoms with Crippen molar-refractivity contribution in [1.29, 1.82) is 0 Å². The minimum absolute atomic E-state index is 0.121. The molecule has 3 N–H and O–H groups in total. The summed E-state index contributed by atoms with van der Waals surface area (Å²) in [5.41, 5.74) is 4.86. The van der Waals surface area contributed by atoms with Gasteiger partial charge in [0.1, 0.15) is 5.82 Å².